The molecular formula is C14H19BrN2O2. The van der Waals surface area contributed by atoms with Gasteiger partial charge in [0.2, 0.25) is 0 Å². The molecule has 1 heterocycles. The van der Waals surface area contributed by atoms with Gasteiger partial charge in [-0.05, 0) is 60.9 Å². The highest BCUT2D eigenvalue weighted by Gasteiger charge is 2.20. The van der Waals surface area contributed by atoms with Crippen LogP contribution in [-0.2, 0) is 4.79 Å². The highest BCUT2D eigenvalue weighted by atomic mass is 79.9. The van der Waals surface area contributed by atoms with E-state index in [4.69, 9.17) is 4.74 Å². The Bertz CT molecular complexity index is 433. The lowest BCUT2D eigenvalue weighted by molar-refractivity contribution is -0.128. The second-order valence-electron chi connectivity index (χ2n) is 4.72. The van der Waals surface area contributed by atoms with Gasteiger partial charge in [0.15, 0.2) is 6.10 Å². The summed E-state index contributed by atoms with van der Waals surface area (Å²) in [6.07, 6.45) is 1.47. The van der Waals surface area contributed by atoms with Gasteiger partial charge in [-0.2, -0.15) is 0 Å². The van der Waals surface area contributed by atoms with Crippen LogP contribution in [0.4, 0.5) is 0 Å². The molecule has 0 aliphatic carbocycles. The van der Waals surface area contributed by atoms with E-state index in [9.17, 15) is 4.79 Å². The molecule has 2 N–H and O–H groups in total. The standard InChI is InChI=1S/C14H19BrN2O2/c1-10(19-13-5-3-2-4-12(13)15)14(18)17-11-6-8-16-9-7-11/h2-5,10-11,16H,6-9H2,1H3,(H,17,18). The summed E-state index contributed by atoms with van der Waals surface area (Å²) >= 11 is 3.41. The molecule has 0 spiro atoms. The van der Waals surface area contributed by atoms with Crippen molar-refractivity contribution in [3.05, 3.63) is 28.7 Å². The molecule has 19 heavy (non-hydrogen) atoms. The Hall–Kier alpha value is -1.07. The predicted octanol–water partition coefficient (Wildman–Crippen LogP) is 2.08. The first-order valence-corrected chi connectivity index (χ1v) is 7.38. The number of hydrogen-bond donors (Lipinski definition) is 2. The number of nitrogens with one attached hydrogen (secondary N) is 2. The molecule has 1 aliphatic heterocycles. The van der Waals surface area contributed by atoms with Crippen LogP contribution in [0.3, 0.4) is 0 Å². The number of rotatable bonds is 4. The number of amides is 1. The van der Waals surface area contributed by atoms with Crippen LogP contribution in [0.1, 0.15) is 19.8 Å². The molecule has 1 aromatic rings. The van der Waals surface area contributed by atoms with Gasteiger partial charge in [-0.15, -0.1) is 0 Å². The fourth-order valence-electron chi connectivity index (χ4n) is 2.07. The summed E-state index contributed by atoms with van der Waals surface area (Å²) in [7, 11) is 0. The number of para-hydroxylation sites is 1. The van der Waals surface area contributed by atoms with Crippen LogP contribution in [0, 0.1) is 0 Å². The third kappa shape index (κ3) is 4.21. The topological polar surface area (TPSA) is 50.4 Å². The predicted molar refractivity (Wildman–Crippen MR) is 78.3 cm³/mol. The average molecular weight is 327 g/mol. The van der Waals surface area contributed by atoms with Crippen LogP contribution >= 0.6 is 15.9 Å². The fourth-order valence-corrected chi connectivity index (χ4v) is 2.45. The highest BCUT2D eigenvalue weighted by molar-refractivity contribution is 9.10. The largest absolute Gasteiger partial charge is 0.480 e. The van der Waals surface area contributed by atoms with Gasteiger partial charge in [0.1, 0.15) is 5.75 Å². The van der Waals surface area contributed by atoms with Gasteiger partial charge >= 0.3 is 0 Å². The number of piperidine rings is 1. The second kappa shape index (κ2) is 6.91. The maximum absolute atomic E-state index is 12.1. The second-order valence-corrected chi connectivity index (χ2v) is 5.58. The van der Waals surface area contributed by atoms with Crippen molar-refractivity contribution in [2.75, 3.05) is 13.1 Å². The summed E-state index contributed by atoms with van der Waals surface area (Å²) in [6, 6.07) is 7.80. The van der Waals surface area contributed by atoms with Gasteiger partial charge in [0.05, 0.1) is 4.47 Å². The normalized spacial score (nSPS) is 17.8. The van der Waals surface area contributed by atoms with Crippen LogP contribution in [-0.4, -0.2) is 31.1 Å². The smallest absolute Gasteiger partial charge is 0.260 e. The molecular weight excluding hydrogens is 308 g/mol. The van der Waals surface area contributed by atoms with Gasteiger partial charge in [-0.25, -0.2) is 0 Å². The summed E-state index contributed by atoms with van der Waals surface area (Å²) in [5, 5.41) is 6.31. The summed E-state index contributed by atoms with van der Waals surface area (Å²) < 4.78 is 6.53. The minimum atomic E-state index is -0.492. The molecule has 2 rings (SSSR count). The number of hydrogen-bond acceptors (Lipinski definition) is 3. The van der Waals surface area contributed by atoms with Crippen LogP contribution < -0.4 is 15.4 Å². The Labute approximate surface area is 122 Å². The van der Waals surface area contributed by atoms with E-state index >= 15 is 0 Å². The Morgan fingerprint density at radius 1 is 1.42 bits per heavy atom. The lowest BCUT2D eigenvalue weighted by atomic mass is 10.1. The maximum Gasteiger partial charge on any atom is 0.260 e. The number of halogens is 1. The lowest BCUT2D eigenvalue weighted by Gasteiger charge is -2.25. The molecule has 1 unspecified atom stereocenters. The fraction of sp³-hybridized carbons (Fsp3) is 0.500. The summed E-state index contributed by atoms with van der Waals surface area (Å²) in [6.45, 7) is 3.70. The first kappa shape index (κ1) is 14.3. The van der Waals surface area contributed by atoms with Gasteiger partial charge in [0, 0.05) is 6.04 Å². The Morgan fingerprint density at radius 3 is 2.79 bits per heavy atom. The van der Waals surface area contributed by atoms with E-state index in [0.717, 1.165) is 30.4 Å². The zero-order valence-electron chi connectivity index (χ0n) is 11.0. The summed E-state index contributed by atoms with van der Waals surface area (Å²) in [5.41, 5.74) is 0. The minimum absolute atomic E-state index is 0.0531. The summed E-state index contributed by atoms with van der Waals surface area (Å²) in [5.74, 6) is 0.637. The van der Waals surface area contributed by atoms with E-state index in [2.05, 4.69) is 26.6 Å². The molecule has 0 radical (unpaired) electrons. The van der Waals surface area contributed by atoms with E-state index in [-0.39, 0.29) is 11.9 Å². The van der Waals surface area contributed by atoms with Crippen molar-refractivity contribution in [3.8, 4) is 5.75 Å². The van der Waals surface area contributed by atoms with E-state index < -0.39 is 6.10 Å². The summed E-state index contributed by atoms with van der Waals surface area (Å²) in [4.78, 5) is 12.1. The van der Waals surface area contributed by atoms with Crippen molar-refractivity contribution >= 4 is 21.8 Å². The maximum atomic E-state index is 12.1. The number of benzene rings is 1. The zero-order valence-corrected chi connectivity index (χ0v) is 12.6. The van der Waals surface area contributed by atoms with Crippen LogP contribution in [0.25, 0.3) is 0 Å². The van der Waals surface area contributed by atoms with E-state index in [1.165, 1.54) is 0 Å². The van der Waals surface area contributed by atoms with Crippen molar-refractivity contribution in [3.63, 3.8) is 0 Å². The van der Waals surface area contributed by atoms with Crippen molar-refractivity contribution < 1.29 is 9.53 Å². The SMILES string of the molecule is CC(Oc1ccccc1Br)C(=O)NC1CCNCC1. The minimum Gasteiger partial charge on any atom is -0.480 e. The zero-order chi connectivity index (χ0) is 13.7. The molecule has 0 aromatic heterocycles. The average Bonchev–Trinajstić information content (AvgIpc) is 2.42. The number of carbonyl (C=O) groups excluding carboxylic acids is 1. The molecule has 1 aliphatic rings. The molecule has 1 saturated heterocycles. The monoisotopic (exact) mass is 326 g/mol. The molecule has 104 valence electrons. The van der Waals surface area contributed by atoms with Crippen molar-refractivity contribution in [1.29, 1.82) is 0 Å². The van der Waals surface area contributed by atoms with Crippen molar-refractivity contribution in [2.24, 2.45) is 0 Å². The Morgan fingerprint density at radius 2 is 2.11 bits per heavy atom. The molecule has 1 atom stereocenters. The first-order valence-electron chi connectivity index (χ1n) is 6.59. The molecule has 1 amide bonds. The lowest BCUT2D eigenvalue weighted by Crippen LogP contribution is -2.47. The third-order valence-electron chi connectivity index (χ3n) is 3.20. The van der Waals surface area contributed by atoms with Gasteiger partial charge < -0.3 is 15.4 Å². The molecule has 4 nitrogen and oxygen atoms in total. The van der Waals surface area contributed by atoms with Gasteiger partial charge in [0.25, 0.3) is 5.91 Å². The third-order valence-corrected chi connectivity index (χ3v) is 3.85. The molecule has 1 aromatic carbocycles. The van der Waals surface area contributed by atoms with Crippen LogP contribution in [0.2, 0.25) is 0 Å². The molecule has 0 bridgehead atoms. The van der Waals surface area contributed by atoms with Crippen LogP contribution in [0.5, 0.6) is 5.75 Å². The van der Waals surface area contributed by atoms with E-state index in [1.54, 1.807) is 6.92 Å². The number of ether oxygens (including phenoxy) is 1. The van der Waals surface area contributed by atoms with Gasteiger partial charge in [-0.1, -0.05) is 12.1 Å². The van der Waals surface area contributed by atoms with Crippen LogP contribution in [0.15, 0.2) is 28.7 Å². The van der Waals surface area contributed by atoms with Crippen molar-refractivity contribution in [2.45, 2.75) is 31.9 Å². The van der Waals surface area contributed by atoms with Gasteiger partial charge in [-0.3, -0.25) is 4.79 Å². The Kier molecular flexibility index (Phi) is 5.22. The molecule has 0 saturated carbocycles. The molecule has 5 heteroatoms. The van der Waals surface area contributed by atoms with E-state index in [0.29, 0.717) is 5.75 Å². The first-order chi connectivity index (χ1) is 9.16. The molecule has 1 fully saturated rings. The Balaban J connectivity index is 1.87. The highest BCUT2D eigenvalue weighted by Crippen LogP contribution is 2.24. The van der Waals surface area contributed by atoms with Crippen molar-refractivity contribution in [1.82, 2.24) is 10.6 Å². The van der Waals surface area contributed by atoms with E-state index in [1.807, 2.05) is 24.3 Å². The number of carbonyl (C=O) groups is 1. The quantitative estimate of drug-likeness (QED) is 0.890.